The Bertz CT molecular complexity index is 1190. The van der Waals surface area contributed by atoms with E-state index in [1.165, 1.54) is 5.39 Å². The minimum atomic E-state index is 0.227. The Morgan fingerprint density at radius 2 is 2.19 bits per heavy atom. The molecule has 1 saturated heterocycles. The second-order valence-electron chi connectivity index (χ2n) is 8.03. The highest BCUT2D eigenvalue weighted by Crippen LogP contribution is 2.33. The number of H-pyrrole nitrogens is 1. The fraction of sp³-hybridized carbons (Fsp3) is 0.333. The molecule has 2 atom stereocenters. The molecule has 0 radical (unpaired) electrons. The minimum absolute atomic E-state index is 0.227. The SMILES string of the molecule is CCC(Nc1nc(Cc2cccnc2)cc2[nH]c3cc(Br)ccc3c12)C1COCCN1. The molecule has 7 heteroatoms. The molecule has 0 aliphatic carbocycles. The van der Waals surface area contributed by atoms with Crippen molar-refractivity contribution < 1.29 is 4.74 Å². The molecule has 2 unspecified atom stereocenters. The van der Waals surface area contributed by atoms with Gasteiger partial charge in [0, 0.05) is 57.9 Å². The van der Waals surface area contributed by atoms with Crippen molar-refractivity contribution in [2.45, 2.75) is 31.8 Å². The number of hydrogen-bond acceptors (Lipinski definition) is 5. The summed E-state index contributed by atoms with van der Waals surface area (Å²) in [6.07, 6.45) is 5.41. The molecule has 0 saturated carbocycles. The van der Waals surface area contributed by atoms with Crippen LogP contribution in [0.1, 0.15) is 24.6 Å². The van der Waals surface area contributed by atoms with Crippen LogP contribution in [0.25, 0.3) is 21.8 Å². The van der Waals surface area contributed by atoms with Gasteiger partial charge in [0.25, 0.3) is 0 Å². The van der Waals surface area contributed by atoms with Gasteiger partial charge in [-0.1, -0.05) is 35.0 Å². The average molecular weight is 480 g/mol. The number of aromatic nitrogens is 3. The molecule has 31 heavy (non-hydrogen) atoms. The normalized spacial score (nSPS) is 17.8. The smallest absolute Gasteiger partial charge is 0.136 e. The Morgan fingerprint density at radius 1 is 1.26 bits per heavy atom. The van der Waals surface area contributed by atoms with Crippen LogP contribution in [0, 0.1) is 0 Å². The average Bonchev–Trinajstić information content (AvgIpc) is 3.16. The molecule has 4 heterocycles. The minimum Gasteiger partial charge on any atom is -0.378 e. The Hall–Kier alpha value is -2.48. The van der Waals surface area contributed by atoms with E-state index in [0.717, 1.165) is 64.0 Å². The number of halogens is 1. The highest BCUT2D eigenvalue weighted by atomic mass is 79.9. The number of aromatic amines is 1. The maximum atomic E-state index is 5.72. The van der Waals surface area contributed by atoms with Crippen LogP contribution in [0.15, 0.2) is 53.3 Å². The van der Waals surface area contributed by atoms with Crippen molar-refractivity contribution in [2.75, 3.05) is 25.1 Å². The quantitative estimate of drug-likeness (QED) is 0.375. The second-order valence-corrected chi connectivity index (χ2v) is 8.95. The van der Waals surface area contributed by atoms with Gasteiger partial charge >= 0.3 is 0 Å². The molecule has 160 valence electrons. The van der Waals surface area contributed by atoms with Crippen molar-refractivity contribution >= 4 is 43.6 Å². The predicted octanol–water partition coefficient (Wildman–Crippen LogP) is 4.64. The molecule has 0 bridgehead atoms. The first-order chi connectivity index (χ1) is 15.2. The molecule has 1 fully saturated rings. The molecule has 5 rings (SSSR count). The van der Waals surface area contributed by atoms with Crippen molar-refractivity contribution in [3.8, 4) is 0 Å². The third-order valence-electron chi connectivity index (χ3n) is 5.90. The number of rotatable bonds is 6. The van der Waals surface area contributed by atoms with E-state index < -0.39 is 0 Å². The van der Waals surface area contributed by atoms with Crippen LogP contribution in [0.3, 0.4) is 0 Å². The van der Waals surface area contributed by atoms with E-state index in [1.807, 2.05) is 12.3 Å². The number of anilines is 1. The largest absolute Gasteiger partial charge is 0.378 e. The van der Waals surface area contributed by atoms with Gasteiger partial charge in [0.1, 0.15) is 5.82 Å². The van der Waals surface area contributed by atoms with Crippen LogP contribution in [0.5, 0.6) is 0 Å². The lowest BCUT2D eigenvalue weighted by Gasteiger charge is -2.32. The maximum absolute atomic E-state index is 5.72. The summed E-state index contributed by atoms with van der Waals surface area (Å²) >= 11 is 3.59. The van der Waals surface area contributed by atoms with Crippen molar-refractivity contribution in [3.63, 3.8) is 0 Å². The van der Waals surface area contributed by atoms with Gasteiger partial charge in [-0.25, -0.2) is 4.98 Å². The zero-order valence-corrected chi connectivity index (χ0v) is 19.1. The molecule has 1 aliphatic rings. The summed E-state index contributed by atoms with van der Waals surface area (Å²) in [5, 5.41) is 9.66. The van der Waals surface area contributed by atoms with E-state index in [2.05, 4.69) is 73.8 Å². The lowest BCUT2D eigenvalue weighted by molar-refractivity contribution is 0.0703. The zero-order valence-electron chi connectivity index (χ0n) is 17.5. The van der Waals surface area contributed by atoms with Crippen LogP contribution in [0.2, 0.25) is 0 Å². The second kappa shape index (κ2) is 8.94. The van der Waals surface area contributed by atoms with Crippen LogP contribution >= 0.6 is 15.9 Å². The zero-order chi connectivity index (χ0) is 21.2. The highest BCUT2D eigenvalue weighted by Gasteiger charge is 2.24. The molecule has 4 aromatic rings. The molecular formula is C24H26BrN5O. The number of fused-ring (bicyclic) bond motifs is 3. The number of ether oxygens (including phenoxy) is 1. The topological polar surface area (TPSA) is 74.9 Å². The number of nitrogens with zero attached hydrogens (tertiary/aromatic N) is 2. The van der Waals surface area contributed by atoms with Crippen LogP contribution < -0.4 is 10.6 Å². The number of pyridine rings is 2. The fourth-order valence-electron chi connectivity index (χ4n) is 4.37. The Kier molecular flexibility index (Phi) is 5.89. The monoisotopic (exact) mass is 479 g/mol. The van der Waals surface area contributed by atoms with Gasteiger partial charge in [0.15, 0.2) is 0 Å². The summed E-state index contributed by atoms with van der Waals surface area (Å²) in [6.45, 7) is 4.57. The first-order valence-electron chi connectivity index (χ1n) is 10.8. The van der Waals surface area contributed by atoms with Crippen LogP contribution in [-0.2, 0) is 11.2 Å². The molecule has 0 amide bonds. The lowest BCUT2D eigenvalue weighted by Crippen LogP contribution is -2.51. The summed E-state index contributed by atoms with van der Waals surface area (Å²) in [5.74, 6) is 0.921. The van der Waals surface area contributed by atoms with Crippen molar-refractivity contribution in [3.05, 3.63) is 64.5 Å². The molecule has 3 N–H and O–H groups in total. The summed E-state index contributed by atoms with van der Waals surface area (Å²) in [4.78, 5) is 12.9. The fourth-order valence-corrected chi connectivity index (χ4v) is 4.73. The highest BCUT2D eigenvalue weighted by molar-refractivity contribution is 9.10. The van der Waals surface area contributed by atoms with Gasteiger partial charge < -0.3 is 20.4 Å². The summed E-state index contributed by atoms with van der Waals surface area (Å²) in [7, 11) is 0. The van der Waals surface area contributed by atoms with Gasteiger partial charge in [-0.15, -0.1) is 0 Å². The van der Waals surface area contributed by atoms with Gasteiger partial charge in [-0.05, 0) is 36.2 Å². The van der Waals surface area contributed by atoms with E-state index in [1.54, 1.807) is 6.20 Å². The van der Waals surface area contributed by atoms with E-state index in [4.69, 9.17) is 9.72 Å². The summed E-state index contributed by atoms with van der Waals surface area (Å²) < 4.78 is 6.78. The van der Waals surface area contributed by atoms with E-state index in [0.29, 0.717) is 6.61 Å². The molecular weight excluding hydrogens is 454 g/mol. The Morgan fingerprint density at radius 3 is 2.97 bits per heavy atom. The third kappa shape index (κ3) is 4.31. The first kappa shape index (κ1) is 20.4. The molecule has 0 spiro atoms. The lowest BCUT2D eigenvalue weighted by atomic mass is 10.0. The number of morpholine rings is 1. The molecule has 6 nitrogen and oxygen atoms in total. The van der Waals surface area contributed by atoms with Crippen LogP contribution in [0.4, 0.5) is 5.82 Å². The van der Waals surface area contributed by atoms with Gasteiger partial charge in [0.05, 0.1) is 24.8 Å². The first-order valence-corrected chi connectivity index (χ1v) is 11.6. The molecule has 3 aromatic heterocycles. The third-order valence-corrected chi connectivity index (χ3v) is 6.39. The number of benzene rings is 1. The molecule has 1 aromatic carbocycles. The van der Waals surface area contributed by atoms with Gasteiger partial charge in [-0.2, -0.15) is 0 Å². The summed E-state index contributed by atoms with van der Waals surface area (Å²) in [5.41, 5.74) is 4.34. The predicted molar refractivity (Wildman–Crippen MR) is 129 cm³/mol. The number of nitrogens with one attached hydrogen (secondary N) is 3. The maximum Gasteiger partial charge on any atom is 0.136 e. The van der Waals surface area contributed by atoms with E-state index in [-0.39, 0.29) is 12.1 Å². The van der Waals surface area contributed by atoms with Crippen molar-refractivity contribution in [1.29, 1.82) is 0 Å². The Balaban J connectivity index is 1.59. The summed E-state index contributed by atoms with van der Waals surface area (Å²) in [6, 6.07) is 13.0. The van der Waals surface area contributed by atoms with Gasteiger partial charge in [0.2, 0.25) is 0 Å². The van der Waals surface area contributed by atoms with E-state index >= 15 is 0 Å². The van der Waals surface area contributed by atoms with Crippen molar-refractivity contribution in [1.82, 2.24) is 20.3 Å². The number of hydrogen-bond donors (Lipinski definition) is 3. The van der Waals surface area contributed by atoms with Gasteiger partial charge in [-0.3, -0.25) is 4.98 Å². The van der Waals surface area contributed by atoms with Crippen molar-refractivity contribution in [2.24, 2.45) is 0 Å². The van der Waals surface area contributed by atoms with Crippen LogP contribution in [-0.4, -0.2) is 46.8 Å². The van der Waals surface area contributed by atoms with E-state index in [9.17, 15) is 0 Å². The Labute approximate surface area is 189 Å². The standard InChI is InChI=1S/C24H26BrN5O/c1-2-19(22-14-31-9-8-27-22)30-24-23-18-6-5-16(25)11-20(18)29-21(23)12-17(28-24)10-15-4-3-7-26-13-15/h3-7,11-13,19,22,27,29H,2,8-10,14H2,1H3,(H,28,30). The molecule has 1 aliphatic heterocycles.